The lowest BCUT2D eigenvalue weighted by Gasteiger charge is -2.42. The van der Waals surface area contributed by atoms with Crippen molar-refractivity contribution in [2.45, 2.75) is 78.8 Å². The molecule has 1 fully saturated rings. The van der Waals surface area contributed by atoms with Crippen LogP contribution in [0.1, 0.15) is 68.5 Å². The number of carboxylic acids is 1. The van der Waals surface area contributed by atoms with Gasteiger partial charge in [-0.25, -0.2) is 29.1 Å². The molecule has 3 aromatic heterocycles. The summed E-state index contributed by atoms with van der Waals surface area (Å²) in [5.74, 6) is -4.10. The van der Waals surface area contributed by atoms with Crippen LogP contribution in [0.25, 0.3) is 37.6 Å². The molecule has 6 amide bonds. The maximum Gasteiger partial charge on any atom is 0.345 e. The van der Waals surface area contributed by atoms with Crippen LogP contribution in [0.5, 0.6) is 17.4 Å². The van der Waals surface area contributed by atoms with Crippen LogP contribution in [-0.2, 0) is 79.3 Å². The number of benzene rings is 4. The monoisotopic (exact) mass is 1530 g/mol. The number of allylic oxidation sites excluding steroid dienone is 5. The van der Waals surface area contributed by atoms with Gasteiger partial charge in [0, 0.05) is 92.5 Å². The number of halogens is 2. The van der Waals surface area contributed by atoms with Gasteiger partial charge >= 0.3 is 5.97 Å². The molecule has 31 heteroatoms. The molecule has 566 valence electrons. The second-order valence-electron chi connectivity index (χ2n) is 26.0. The molecule has 5 heterocycles. The fourth-order valence-electron chi connectivity index (χ4n) is 11.9. The quantitative estimate of drug-likeness (QED) is 0.00606. The Morgan fingerprint density at radius 2 is 1.58 bits per heavy atom. The SMILES string of the molecule is C/C=C(/C=C\C(OCCN1CC[N+](C)(Cc2ccc(NC(=O)CNC(=O)C(NC(=O)CCOCCN3C(=O)C=CC3=O)C(C)C)cc2CN(C)C(=O)CCS(=O)(=O)O)CC1)=C(/C)Cl)c1c(-c2ccc(F)cc2)sc2ncnc(OC(Cc3ccccc3OCc3ccnc(-c4ccccc4OC)n3)C(=O)O)c12. The highest BCUT2D eigenvalue weighted by molar-refractivity contribution is 7.85. The number of quaternary nitrogens is 1. The van der Waals surface area contributed by atoms with Crippen LogP contribution in [-0.4, -0.2) is 203 Å². The second kappa shape index (κ2) is 37.8. The molecule has 107 heavy (non-hydrogen) atoms. The van der Waals surface area contributed by atoms with Gasteiger partial charge in [-0.05, 0) is 96.6 Å². The smallest absolute Gasteiger partial charge is 0.345 e. The Morgan fingerprint density at radius 3 is 2.27 bits per heavy atom. The number of likely N-dealkylation sites (N-methyl/N-ethyl adjacent to an activating group) is 1. The molecule has 5 N–H and O–H groups in total. The first kappa shape index (κ1) is 80.8. The van der Waals surface area contributed by atoms with Gasteiger partial charge in [-0.2, -0.15) is 8.42 Å². The highest BCUT2D eigenvalue weighted by Gasteiger charge is 2.33. The average molecular weight is 1530 g/mol. The average Bonchev–Trinajstić information content (AvgIpc) is 1.61. The minimum atomic E-state index is -4.43. The molecule has 0 bridgehead atoms. The molecule has 0 aliphatic carbocycles. The maximum absolute atomic E-state index is 14.5. The number of aliphatic carboxylic acids is 1. The molecule has 0 spiro atoms. The minimum absolute atomic E-state index is 0.000586. The Hall–Kier alpha value is -10.3. The van der Waals surface area contributed by atoms with Gasteiger partial charge in [0.2, 0.25) is 35.6 Å². The van der Waals surface area contributed by atoms with E-state index in [1.807, 2.05) is 49.4 Å². The summed E-state index contributed by atoms with van der Waals surface area (Å²) in [4.78, 5) is 114. The van der Waals surface area contributed by atoms with E-state index in [2.05, 4.69) is 42.8 Å². The van der Waals surface area contributed by atoms with Crippen molar-refractivity contribution in [1.29, 1.82) is 0 Å². The Balaban J connectivity index is 0.829. The number of amides is 6. The number of hydrogen-bond acceptors (Lipinski definition) is 20. The van der Waals surface area contributed by atoms with Crippen molar-refractivity contribution in [3.05, 3.63) is 185 Å². The van der Waals surface area contributed by atoms with Crippen LogP contribution in [0.15, 0.2) is 151 Å². The molecule has 1 saturated heterocycles. The first-order valence-corrected chi connectivity index (χ1v) is 37.3. The standard InChI is InChI=1S/C76H85ClFN11O16S2/c1-8-50(68-69-74(81-47-82-75(69)106-71(68)51-17-21-55(78)22-18-51)105-62(76(96)97)42-52-13-9-11-15-60(52)104-46-57-27-30-79-72(84-57)58-14-10-12-16-61(58)101-7)20-24-59(49(4)77)103-39-33-87-31-35-89(6,36-32-87)45-53-19-23-56(41-54(53)44-86(5)65(92)29-40-107(98,99)100)83-64(91)43-80-73(95)70(48(2)3)85-63(90)28-37-102-38-34-88-66(93)25-26-67(88)94/h8-27,30,41,47-48,62,70H,28-29,31-40,42-46H2,1-7H3,(H4-,80,83,85,90,91,95,96,97,98,99,100)/p+1/b24-20-,50-8-,59-49-. The van der Waals surface area contributed by atoms with Crippen molar-refractivity contribution in [3.8, 4) is 39.2 Å². The van der Waals surface area contributed by atoms with E-state index >= 15 is 0 Å². The van der Waals surface area contributed by atoms with Gasteiger partial charge in [-0.1, -0.05) is 86.1 Å². The third-order valence-corrected chi connectivity index (χ3v) is 19.9. The largest absolute Gasteiger partial charge is 0.496 e. The van der Waals surface area contributed by atoms with Crippen molar-refractivity contribution < 1.29 is 84.2 Å². The van der Waals surface area contributed by atoms with E-state index in [9.17, 15) is 56.0 Å². The predicted molar refractivity (Wildman–Crippen MR) is 400 cm³/mol. The number of carbonyl (C=O) groups is 7. The van der Waals surface area contributed by atoms with Crippen molar-refractivity contribution in [2.75, 3.05) is 97.9 Å². The molecule has 2 atom stereocenters. The van der Waals surface area contributed by atoms with Crippen LogP contribution in [0.2, 0.25) is 0 Å². The molecule has 0 saturated carbocycles. The van der Waals surface area contributed by atoms with Crippen LogP contribution in [0.4, 0.5) is 10.1 Å². The molecule has 4 aromatic carbocycles. The molecular formula is C76H86ClFN11O16S2+. The van der Waals surface area contributed by atoms with E-state index in [1.165, 1.54) is 41.7 Å². The van der Waals surface area contributed by atoms with E-state index in [-0.39, 0.29) is 64.2 Å². The number of nitrogens with zero attached hydrogens (tertiary/aromatic N) is 8. The van der Waals surface area contributed by atoms with Crippen molar-refractivity contribution in [3.63, 3.8) is 0 Å². The summed E-state index contributed by atoms with van der Waals surface area (Å²) in [6.45, 7) is 10.6. The molecule has 0 radical (unpaired) electrons. The third-order valence-electron chi connectivity index (χ3n) is 17.8. The summed E-state index contributed by atoms with van der Waals surface area (Å²) in [7, 11) is 0.770. The highest BCUT2D eigenvalue weighted by atomic mass is 35.5. The molecular weight excluding hydrogens is 1440 g/mol. The molecule has 27 nitrogen and oxygen atoms in total. The summed E-state index contributed by atoms with van der Waals surface area (Å²) < 4.78 is 77.8. The van der Waals surface area contributed by atoms with Gasteiger partial charge in [0.1, 0.15) is 60.0 Å². The number of rotatable bonds is 37. The normalized spacial score (nSPS) is 14.8. The van der Waals surface area contributed by atoms with Gasteiger partial charge < -0.3 is 54.1 Å². The number of anilines is 1. The number of piperazine rings is 1. The van der Waals surface area contributed by atoms with E-state index in [0.29, 0.717) is 132 Å². The molecule has 2 aliphatic rings. The Kier molecular flexibility index (Phi) is 28.5. The minimum Gasteiger partial charge on any atom is -0.496 e. The van der Waals surface area contributed by atoms with Crippen LogP contribution < -0.4 is 30.2 Å². The van der Waals surface area contributed by atoms with E-state index < -0.39 is 88.2 Å². The van der Waals surface area contributed by atoms with Gasteiger partial charge in [0.05, 0.1) is 81.0 Å². The first-order valence-electron chi connectivity index (χ1n) is 34.5. The van der Waals surface area contributed by atoms with Crippen molar-refractivity contribution in [1.82, 2.24) is 45.3 Å². The van der Waals surface area contributed by atoms with Gasteiger partial charge in [0.25, 0.3) is 21.9 Å². The number of ether oxygens (including phenoxy) is 5. The van der Waals surface area contributed by atoms with Crippen LogP contribution >= 0.6 is 22.9 Å². The lowest BCUT2D eigenvalue weighted by molar-refractivity contribution is -0.926. The van der Waals surface area contributed by atoms with E-state index in [1.54, 1.807) is 94.8 Å². The second-order valence-corrected chi connectivity index (χ2v) is 29.2. The molecule has 9 rings (SSSR count). The number of thiophene rings is 1. The number of imide groups is 1. The number of methoxy groups -OCH3 is 1. The van der Waals surface area contributed by atoms with Crippen LogP contribution in [0, 0.1) is 11.7 Å². The lowest BCUT2D eigenvalue weighted by Crippen LogP contribution is -2.57. The number of nitrogens with one attached hydrogen (secondary N) is 3. The summed E-state index contributed by atoms with van der Waals surface area (Å²) >= 11 is 8.08. The number of carboxylic acid groups (broad SMARTS) is 1. The first-order chi connectivity index (χ1) is 51.2. The summed E-state index contributed by atoms with van der Waals surface area (Å²) in [5.41, 5.74) is 5.56. The summed E-state index contributed by atoms with van der Waals surface area (Å²) in [6.07, 6.45) is 8.52. The zero-order chi connectivity index (χ0) is 77.0. The fraction of sp³-hybridized carbons (Fsp3) is 0.355. The number of aromatic nitrogens is 4. The van der Waals surface area contributed by atoms with E-state index in [0.717, 1.165) is 22.6 Å². The van der Waals surface area contributed by atoms with Crippen molar-refractivity contribution in [2.24, 2.45) is 5.92 Å². The van der Waals surface area contributed by atoms with Gasteiger partial charge in [0.15, 0.2) is 5.82 Å². The maximum atomic E-state index is 14.5. The molecule has 2 unspecified atom stereocenters. The van der Waals surface area contributed by atoms with Crippen molar-refractivity contribution >= 4 is 95.9 Å². The number of fused-ring (bicyclic) bond motifs is 1. The topological polar surface area (TPSA) is 338 Å². The lowest BCUT2D eigenvalue weighted by atomic mass is 9.99. The third kappa shape index (κ3) is 22.8. The highest BCUT2D eigenvalue weighted by Crippen LogP contribution is 2.45. The fourth-order valence-corrected chi connectivity index (χ4v) is 13.6. The Morgan fingerprint density at radius 1 is 0.860 bits per heavy atom. The summed E-state index contributed by atoms with van der Waals surface area (Å²) in [5, 5.41) is 19.7. The summed E-state index contributed by atoms with van der Waals surface area (Å²) in [6, 6.07) is 26.5. The zero-order valence-electron chi connectivity index (χ0n) is 60.3. The van der Waals surface area contributed by atoms with Crippen LogP contribution in [0.3, 0.4) is 0 Å². The Labute approximate surface area is 628 Å². The Bertz CT molecular complexity index is 4620. The number of para-hydroxylation sites is 2. The van der Waals surface area contributed by atoms with Gasteiger partial charge in [-0.3, -0.25) is 43.1 Å². The predicted octanol–water partition coefficient (Wildman–Crippen LogP) is 8.79. The van der Waals surface area contributed by atoms with Gasteiger partial charge in [-0.15, -0.1) is 11.3 Å². The number of carbonyl (C=O) groups excluding carboxylic acids is 6. The zero-order valence-corrected chi connectivity index (χ0v) is 62.7. The van der Waals surface area contributed by atoms with E-state index in [4.69, 9.17) is 40.3 Å². The molecule has 2 aliphatic heterocycles. The molecule has 7 aromatic rings. The number of hydrogen-bond donors (Lipinski definition) is 5.